The summed E-state index contributed by atoms with van der Waals surface area (Å²) in [6.45, 7) is 1.94. The summed E-state index contributed by atoms with van der Waals surface area (Å²) in [5.74, 6) is 0.822. The Morgan fingerprint density at radius 3 is 2.11 bits per heavy atom. The third-order valence-corrected chi connectivity index (χ3v) is 4.46. The van der Waals surface area contributed by atoms with Crippen molar-refractivity contribution in [3.8, 4) is 5.75 Å². The van der Waals surface area contributed by atoms with Crippen molar-refractivity contribution in [1.82, 2.24) is 0 Å². The highest BCUT2D eigenvalue weighted by Gasteiger charge is 2.29. The van der Waals surface area contributed by atoms with Gasteiger partial charge in [0.15, 0.2) is 5.78 Å². The summed E-state index contributed by atoms with van der Waals surface area (Å²) in [7, 11) is 0. The topological polar surface area (TPSA) is 84.5 Å². The first-order valence-electron chi connectivity index (χ1n) is 9.46. The van der Waals surface area contributed by atoms with E-state index in [-0.39, 0.29) is 23.5 Å². The van der Waals surface area contributed by atoms with E-state index in [4.69, 9.17) is 4.74 Å². The van der Waals surface area contributed by atoms with Gasteiger partial charge < -0.3 is 15.4 Å². The highest BCUT2D eigenvalue weighted by molar-refractivity contribution is 5.95. The molecule has 0 spiro atoms. The Morgan fingerprint density at radius 1 is 0.929 bits per heavy atom. The number of ketones is 1. The van der Waals surface area contributed by atoms with Crippen LogP contribution in [0, 0.1) is 5.92 Å². The van der Waals surface area contributed by atoms with Gasteiger partial charge in [-0.15, -0.1) is 0 Å². The molecular formula is C22H24N2O4. The summed E-state index contributed by atoms with van der Waals surface area (Å²) in [4.78, 5) is 35.0. The summed E-state index contributed by atoms with van der Waals surface area (Å²) in [5.41, 5.74) is 2.07. The number of carbonyl (C=O) groups excluding carboxylic acids is 3. The lowest BCUT2D eigenvalue weighted by Crippen LogP contribution is -2.14. The monoisotopic (exact) mass is 380 g/mol. The van der Waals surface area contributed by atoms with E-state index in [0.29, 0.717) is 36.4 Å². The molecule has 6 heteroatoms. The van der Waals surface area contributed by atoms with Crippen LogP contribution < -0.4 is 15.4 Å². The molecule has 1 fully saturated rings. The van der Waals surface area contributed by atoms with Crippen LogP contribution in [0.2, 0.25) is 0 Å². The van der Waals surface area contributed by atoms with Gasteiger partial charge in [-0.05, 0) is 74.7 Å². The van der Waals surface area contributed by atoms with Crippen molar-refractivity contribution in [2.45, 2.75) is 32.6 Å². The van der Waals surface area contributed by atoms with Crippen LogP contribution in [0.25, 0.3) is 0 Å². The fraction of sp³-hybridized carbons (Fsp3) is 0.318. The molecule has 3 rings (SSSR count). The van der Waals surface area contributed by atoms with E-state index in [1.54, 1.807) is 48.5 Å². The molecule has 0 bridgehead atoms. The number of ether oxygens (including phenoxy) is 1. The summed E-state index contributed by atoms with van der Waals surface area (Å²) in [6.07, 6.45) is 2.85. The van der Waals surface area contributed by atoms with E-state index in [0.717, 1.165) is 18.5 Å². The zero-order chi connectivity index (χ0) is 19.9. The van der Waals surface area contributed by atoms with Crippen molar-refractivity contribution >= 4 is 29.0 Å². The van der Waals surface area contributed by atoms with Crippen LogP contribution in [0.1, 0.15) is 43.0 Å². The minimum absolute atomic E-state index is 0.0153. The van der Waals surface area contributed by atoms with E-state index < -0.39 is 0 Å². The van der Waals surface area contributed by atoms with E-state index in [1.807, 2.05) is 0 Å². The van der Waals surface area contributed by atoms with Crippen LogP contribution in [0.4, 0.5) is 11.4 Å². The maximum atomic E-state index is 12.0. The molecule has 1 saturated carbocycles. The molecule has 0 atom stereocenters. The summed E-state index contributed by atoms with van der Waals surface area (Å²) >= 11 is 0. The van der Waals surface area contributed by atoms with Crippen LogP contribution in [-0.4, -0.2) is 24.2 Å². The SMILES string of the molecule is CC(=O)c1ccc(OCCCC(=O)Nc2ccc(NC(=O)C3CC3)cc2)cc1. The maximum absolute atomic E-state index is 12.0. The Morgan fingerprint density at radius 2 is 1.54 bits per heavy atom. The molecule has 2 amide bonds. The second-order valence-corrected chi connectivity index (χ2v) is 6.92. The average molecular weight is 380 g/mol. The third kappa shape index (κ3) is 5.94. The third-order valence-electron chi connectivity index (χ3n) is 4.46. The zero-order valence-corrected chi connectivity index (χ0v) is 15.9. The normalized spacial score (nSPS) is 12.9. The number of benzene rings is 2. The molecule has 0 unspecified atom stereocenters. The fourth-order valence-electron chi connectivity index (χ4n) is 2.66. The first-order valence-corrected chi connectivity index (χ1v) is 9.46. The highest BCUT2D eigenvalue weighted by atomic mass is 16.5. The van der Waals surface area contributed by atoms with Crippen LogP contribution >= 0.6 is 0 Å². The van der Waals surface area contributed by atoms with Crippen LogP contribution in [-0.2, 0) is 9.59 Å². The van der Waals surface area contributed by atoms with Gasteiger partial charge in [-0.2, -0.15) is 0 Å². The first-order chi connectivity index (χ1) is 13.5. The Labute approximate surface area is 164 Å². The molecule has 1 aliphatic carbocycles. The number of Topliss-reactive ketones (excluding diaryl/α,β-unsaturated/α-hetero) is 1. The molecule has 1 aliphatic rings. The second-order valence-electron chi connectivity index (χ2n) is 6.92. The lowest BCUT2D eigenvalue weighted by atomic mass is 10.1. The van der Waals surface area contributed by atoms with Crippen LogP contribution in [0.15, 0.2) is 48.5 Å². The van der Waals surface area contributed by atoms with Crippen molar-refractivity contribution in [3.63, 3.8) is 0 Å². The first kappa shape index (κ1) is 19.6. The Hall–Kier alpha value is -3.15. The van der Waals surface area contributed by atoms with Crippen molar-refractivity contribution in [1.29, 1.82) is 0 Å². The molecule has 0 aliphatic heterocycles. The molecule has 28 heavy (non-hydrogen) atoms. The number of anilines is 2. The van der Waals surface area contributed by atoms with Crippen LogP contribution in [0.3, 0.4) is 0 Å². The van der Waals surface area contributed by atoms with Gasteiger partial charge in [0.2, 0.25) is 11.8 Å². The highest BCUT2D eigenvalue weighted by Crippen LogP contribution is 2.30. The molecule has 0 radical (unpaired) electrons. The Balaban J connectivity index is 1.35. The predicted molar refractivity (Wildman–Crippen MR) is 108 cm³/mol. The number of hydrogen-bond donors (Lipinski definition) is 2. The molecule has 2 N–H and O–H groups in total. The molecule has 2 aromatic rings. The van der Waals surface area contributed by atoms with Crippen molar-refractivity contribution < 1.29 is 19.1 Å². The number of rotatable bonds is 9. The molecule has 146 valence electrons. The maximum Gasteiger partial charge on any atom is 0.227 e. The largest absolute Gasteiger partial charge is 0.494 e. The van der Waals surface area contributed by atoms with Gasteiger partial charge >= 0.3 is 0 Å². The van der Waals surface area contributed by atoms with Crippen molar-refractivity contribution in [2.24, 2.45) is 5.92 Å². The van der Waals surface area contributed by atoms with Gasteiger partial charge in [-0.25, -0.2) is 0 Å². The van der Waals surface area contributed by atoms with Gasteiger partial charge in [0.25, 0.3) is 0 Å². The number of amides is 2. The smallest absolute Gasteiger partial charge is 0.227 e. The second kappa shape index (κ2) is 9.17. The van der Waals surface area contributed by atoms with Gasteiger partial charge in [-0.1, -0.05) is 0 Å². The van der Waals surface area contributed by atoms with E-state index in [9.17, 15) is 14.4 Å². The lowest BCUT2D eigenvalue weighted by molar-refractivity contribution is -0.117. The molecule has 0 saturated heterocycles. The summed E-state index contributed by atoms with van der Waals surface area (Å²) < 4.78 is 5.59. The Kier molecular flexibility index (Phi) is 6.42. The molecule has 6 nitrogen and oxygen atoms in total. The Bertz CT molecular complexity index is 840. The minimum atomic E-state index is -0.0923. The summed E-state index contributed by atoms with van der Waals surface area (Å²) in [5, 5.41) is 5.70. The molecule has 0 aromatic heterocycles. The number of hydrogen-bond acceptors (Lipinski definition) is 4. The van der Waals surface area contributed by atoms with Crippen molar-refractivity contribution in [3.05, 3.63) is 54.1 Å². The standard InChI is InChI=1S/C22H24N2O4/c1-15(25)16-6-12-20(13-7-16)28-14-2-3-21(26)23-18-8-10-19(11-9-18)24-22(27)17-4-5-17/h6-13,17H,2-5,14H2,1H3,(H,23,26)(H,24,27). The summed E-state index contributed by atoms with van der Waals surface area (Å²) in [6, 6.07) is 14.1. The number of carbonyl (C=O) groups is 3. The van der Waals surface area contributed by atoms with Gasteiger partial charge in [0, 0.05) is 29.3 Å². The van der Waals surface area contributed by atoms with Gasteiger partial charge in [0.05, 0.1) is 6.61 Å². The zero-order valence-electron chi connectivity index (χ0n) is 15.9. The number of nitrogens with one attached hydrogen (secondary N) is 2. The van der Waals surface area contributed by atoms with E-state index in [2.05, 4.69) is 10.6 Å². The van der Waals surface area contributed by atoms with Gasteiger partial charge in [0.1, 0.15) is 5.75 Å². The van der Waals surface area contributed by atoms with Crippen LogP contribution in [0.5, 0.6) is 5.75 Å². The van der Waals surface area contributed by atoms with Gasteiger partial charge in [-0.3, -0.25) is 14.4 Å². The quantitative estimate of drug-likeness (QED) is 0.508. The fourth-order valence-corrected chi connectivity index (χ4v) is 2.66. The lowest BCUT2D eigenvalue weighted by Gasteiger charge is -2.09. The predicted octanol–water partition coefficient (Wildman–Crippen LogP) is 4.04. The molecular weight excluding hydrogens is 356 g/mol. The molecule has 0 heterocycles. The van der Waals surface area contributed by atoms with E-state index >= 15 is 0 Å². The minimum Gasteiger partial charge on any atom is -0.494 e. The van der Waals surface area contributed by atoms with E-state index in [1.165, 1.54) is 6.92 Å². The molecule has 2 aromatic carbocycles. The van der Waals surface area contributed by atoms with Crippen molar-refractivity contribution in [2.75, 3.05) is 17.2 Å². The average Bonchev–Trinajstić information content (AvgIpc) is 3.52.